The van der Waals surface area contributed by atoms with E-state index in [9.17, 15) is 8.42 Å². The number of aryl methyl sites for hydroxylation is 1. The highest BCUT2D eigenvalue weighted by Gasteiger charge is 2.20. The minimum absolute atomic E-state index is 0.147. The van der Waals surface area contributed by atoms with Crippen LogP contribution < -0.4 is 0 Å². The van der Waals surface area contributed by atoms with Gasteiger partial charge in [-0.15, -0.1) is 5.10 Å². The summed E-state index contributed by atoms with van der Waals surface area (Å²) in [6, 6.07) is 3.29. The van der Waals surface area contributed by atoms with Gasteiger partial charge in [0.2, 0.25) is 9.84 Å². The normalized spacial score (nSPS) is 11.6. The maximum absolute atomic E-state index is 11.9. The van der Waals surface area contributed by atoms with Gasteiger partial charge in [0.15, 0.2) is 0 Å². The molecular formula is C9H9BrN4O2S. The molecule has 2 aromatic rings. The number of hydrogen-bond acceptors (Lipinski definition) is 5. The van der Waals surface area contributed by atoms with Gasteiger partial charge in [-0.05, 0) is 40.5 Å². The van der Waals surface area contributed by atoms with Crippen LogP contribution in [-0.4, -0.2) is 28.6 Å². The molecule has 0 amide bonds. The summed E-state index contributed by atoms with van der Waals surface area (Å²) < 4.78 is 24.5. The van der Waals surface area contributed by atoms with Crippen molar-refractivity contribution >= 4 is 25.8 Å². The van der Waals surface area contributed by atoms with Gasteiger partial charge in [-0.25, -0.2) is 18.4 Å². The summed E-state index contributed by atoms with van der Waals surface area (Å²) in [6.45, 7) is 1.65. The van der Waals surface area contributed by atoms with Crippen molar-refractivity contribution in [3.05, 3.63) is 34.3 Å². The Kier molecular flexibility index (Phi) is 3.25. The van der Waals surface area contributed by atoms with Crippen LogP contribution in [0, 0.1) is 6.92 Å². The molecule has 0 radical (unpaired) electrons. The number of rotatable bonds is 3. The van der Waals surface area contributed by atoms with Crippen molar-refractivity contribution in [1.29, 1.82) is 0 Å². The molecule has 0 atom stereocenters. The highest BCUT2D eigenvalue weighted by atomic mass is 79.9. The SMILES string of the molecule is Cc1nc(S(=O)(=O)Cc2ccnc(Br)c2)n[nH]1. The Bertz CT molecular complexity index is 638. The number of hydrogen-bond donors (Lipinski definition) is 1. The molecule has 0 bridgehead atoms. The maximum atomic E-state index is 11.9. The smallest absolute Gasteiger partial charge is 0.262 e. The first-order valence-corrected chi connectivity index (χ1v) is 7.14. The second-order valence-electron chi connectivity index (χ2n) is 3.45. The predicted octanol–water partition coefficient (Wildman–Crippen LogP) is 1.24. The number of H-pyrrole nitrogens is 1. The third-order valence-corrected chi connectivity index (χ3v) is 3.89. The lowest BCUT2D eigenvalue weighted by Crippen LogP contribution is -2.07. The maximum Gasteiger partial charge on any atom is 0.267 e. The lowest BCUT2D eigenvalue weighted by atomic mass is 10.3. The number of nitrogens with zero attached hydrogens (tertiary/aromatic N) is 3. The first-order chi connectivity index (χ1) is 7.97. The van der Waals surface area contributed by atoms with Crippen molar-refractivity contribution < 1.29 is 8.42 Å². The summed E-state index contributed by atoms with van der Waals surface area (Å²) in [5.74, 6) is 0.324. The Morgan fingerprint density at radius 1 is 1.47 bits per heavy atom. The van der Waals surface area contributed by atoms with E-state index in [0.717, 1.165) is 0 Å². The number of aromatic nitrogens is 4. The molecule has 90 valence electrons. The van der Waals surface area contributed by atoms with Crippen molar-refractivity contribution in [1.82, 2.24) is 20.2 Å². The molecule has 1 N–H and O–H groups in total. The molecular weight excluding hydrogens is 308 g/mol. The first kappa shape index (κ1) is 12.2. The van der Waals surface area contributed by atoms with Crippen molar-refractivity contribution in [2.75, 3.05) is 0 Å². The number of pyridine rings is 1. The summed E-state index contributed by atoms with van der Waals surface area (Å²) in [5, 5.41) is 5.99. The lowest BCUT2D eigenvalue weighted by molar-refractivity contribution is 0.587. The minimum Gasteiger partial charge on any atom is -0.262 e. The van der Waals surface area contributed by atoms with E-state index in [-0.39, 0.29) is 10.9 Å². The second-order valence-corrected chi connectivity index (χ2v) is 6.15. The third kappa shape index (κ3) is 2.89. The van der Waals surface area contributed by atoms with Gasteiger partial charge in [0.1, 0.15) is 10.4 Å². The molecule has 0 aliphatic heterocycles. The quantitative estimate of drug-likeness (QED) is 0.861. The van der Waals surface area contributed by atoms with Crippen LogP contribution >= 0.6 is 15.9 Å². The molecule has 6 nitrogen and oxygen atoms in total. The minimum atomic E-state index is -3.51. The standard InChI is InChI=1S/C9H9BrN4O2S/c1-6-12-9(14-13-6)17(15,16)5-7-2-3-11-8(10)4-7/h2-4H,5H2,1H3,(H,12,13,14). The van der Waals surface area contributed by atoms with Crippen molar-refractivity contribution in [2.24, 2.45) is 0 Å². The number of halogens is 1. The molecule has 0 unspecified atom stereocenters. The Balaban J connectivity index is 2.29. The summed E-state index contributed by atoms with van der Waals surface area (Å²) in [4.78, 5) is 7.75. The Hall–Kier alpha value is -1.28. The molecule has 0 fully saturated rings. The predicted molar refractivity (Wildman–Crippen MR) is 63.9 cm³/mol. The summed E-state index contributed by atoms with van der Waals surface area (Å²) in [7, 11) is -3.51. The van der Waals surface area contributed by atoms with Gasteiger partial charge >= 0.3 is 0 Å². The van der Waals surface area contributed by atoms with Crippen molar-refractivity contribution in [3.8, 4) is 0 Å². The topological polar surface area (TPSA) is 88.6 Å². The molecule has 2 aromatic heterocycles. The zero-order valence-corrected chi connectivity index (χ0v) is 11.3. The first-order valence-electron chi connectivity index (χ1n) is 4.69. The number of sulfone groups is 1. The molecule has 2 heterocycles. The van der Waals surface area contributed by atoms with Crippen LogP contribution in [0.3, 0.4) is 0 Å². The van der Waals surface area contributed by atoms with Gasteiger partial charge in [-0.2, -0.15) is 0 Å². The van der Waals surface area contributed by atoms with Crippen LogP contribution in [0.15, 0.2) is 28.1 Å². The van der Waals surface area contributed by atoms with Crippen LogP contribution in [-0.2, 0) is 15.6 Å². The fraction of sp³-hybridized carbons (Fsp3) is 0.222. The Morgan fingerprint density at radius 2 is 2.24 bits per heavy atom. The molecule has 2 rings (SSSR count). The van der Waals surface area contributed by atoms with Gasteiger partial charge in [-0.1, -0.05) is 0 Å². The highest BCUT2D eigenvalue weighted by molar-refractivity contribution is 9.10. The van der Waals surface area contributed by atoms with Gasteiger partial charge in [0.25, 0.3) is 5.16 Å². The van der Waals surface area contributed by atoms with E-state index >= 15 is 0 Å². The van der Waals surface area contributed by atoms with Gasteiger partial charge in [0, 0.05) is 6.20 Å². The molecule has 8 heteroatoms. The van der Waals surface area contributed by atoms with Crippen LogP contribution in [0.25, 0.3) is 0 Å². The van der Waals surface area contributed by atoms with E-state index < -0.39 is 9.84 Å². The molecule has 17 heavy (non-hydrogen) atoms. The van der Waals surface area contributed by atoms with Crippen LogP contribution in [0.2, 0.25) is 0 Å². The zero-order valence-electron chi connectivity index (χ0n) is 8.88. The molecule has 0 aromatic carbocycles. The van der Waals surface area contributed by atoms with E-state index in [1.807, 2.05) is 0 Å². The fourth-order valence-electron chi connectivity index (χ4n) is 1.28. The monoisotopic (exact) mass is 316 g/mol. The van der Waals surface area contributed by atoms with E-state index in [1.165, 1.54) is 6.20 Å². The third-order valence-electron chi connectivity index (χ3n) is 2.00. The summed E-state index contributed by atoms with van der Waals surface area (Å²) >= 11 is 3.19. The van der Waals surface area contributed by atoms with Crippen LogP contribution in [0.5, 0.6) is 0 Å². The molecule has 0 aliphatic rings. The van der Waals surface area contributed by atoms with Crippen LogP contribution in [0.4, 0.5) is 0 Å². The van der Waals surface area contributed by atoms with Crippen molar-refractivity contribution in [3.63, 3.8) is 0 Å². The fourth-order valence-corrected chi connectivity index (χ4v) is 2.90. The van der Waals surface area contributed by atoms with E-state index in [2.05, 4.69) is 36.1 Å². The Labute approximate surface area is 107 Å². The molecule has 0 spiro atoms. The van der Waals surface area contributed by atoms with Gasteiger partial charge in [-0.3, -0.25) is 5.10 Å². The van der Waals surface area contributed by atoms with E-state index in [1.54, 1.807) is 19.1 Å². The van der Waals surface area contributed by atoms with Gasteiger partial charge in [0.05, 0.1) is 5.75 Å². The Morgan fingerprint density at radius 3 is 2.82 bits per heavy atom. The van der Waals surface area contributed by atoms with Gasteiger partial charge < -0.3 is 0 Å². The van der Waals surface area contributed by atoms with Crippen LogP contribution in [0.1, 0.15) is 11.4 Å². The lowest BCUT2D eigenvalue weighted by Gasteiger charge is -2.00. The average Bonchev–Trinajstić information content (AvgIpc) is 2.65. The van der Waals surface area contributed by atoms with E-state index in [4.69, 9.17) is 0 Å². The second kappa shape index (κ2) is 4.53. The van der Waals surface area contributed by atoms with E-state index in [0.29, 0.717) is 16.0 Å². The number of nitrogens with one attached hydrogen (secondary N) is 1. The average molecular weight is 317 g/mol. The molecule has 0 aliphatic carbocycles. The molecule has 0 saturated carbocycles. The largest absolute Gasteiger partial charge is 0.267 e. The summed E-state index contributed by atoms with van der Waals surface area (Å²) in [6.07, 6.45) is 1.54. The number of aromatic amines is 1. The highest BCUT2D eigenvalue weighted by Crippen LogP contribution is 2.15. The zero-order chi connectivity index (χ0) is 12.5. The molecule has 0 saturated heterocycles. The van der Waals surface area contributed by atoms with Crippen molar-refractivity contribution in [2.45, 2.75) is 17.8 Å². The summed E-state index contributed by atoms with van der Waals surface area (Å²) in [5.41, 5.74) is 0.634.